The lowest BCUT2D eigenvalue weighted by molar-refractivity contribution is 0.115. The van der Waals surface area contributed by atoms with Crippen LogP contribution in [0.15, 0.2) is 12.3 Å². The Labute approximate surface area is 91.7 Å². The minimum Gasteiger partial charge on any atom is -0.308 e. The van der Waals surface area contributed by atoms with Gasteiger partial charge < -0.3 is 5.32 Å². The summed E-state index contributed by atoms with van der Waals surface area (Å²) in [5.41, 5.74) is 1.65. The first-order chi connectivity index (χ1) is 7.31. The number of fused-ring (bicyclic) bond motifs is 1. The van der Waals surface area contributed by atoms with Gasteiger partial charge in [-0.3, -0.25) is 9.58 Å². The summed E-state index contributed by atoms with van der Waals surface area (Å²) < 4.78 is 2.17. The molecule has 1 fully saturated rings. The number of likely N-dealkylation sites (N-methyl/N-ethyl adjacent to an activating group) is 1. The van der Waals surface area contributed by atoms with Crippen LogP contribution >= 0.6 is 0 Å². The summed E-state index contributed by atoms with van der Waals surface area (Å²) in [6.07, 6.45) is 3.20. The molecule has 1 atom stereocenters. The average molecular weight is 208 g/mol. The third-order valence-electron chi connectivity index (χ3n) is 3.72. The molecular weight excluding hydrogens is 188 g/mol. The minimum absolute atomic E-state index is 0. The van der Waals surface area contributed by atoms with E-state index >= 15 is 0 Å². The molecule has 0 radical (unpaired) electrons. The predicted molar refractivity (Wildman–Crippen MR) is 60.6 cm³/mol. The van der Waals surface area contributed by atoms with Gasteiger partial charge in [0.1, 0.15) is 0 Å². The second-order valence-corrected chi connectivity index (χ2v) is 4.74. The van der Waals surface area contributed by atoms with E-state index in [0.29, 0.717) is 5.54 Å². The fraction of sp³-hybridized carbons (Fsp3) is 0.727. The molecule has 84 valence electrons. The van der Waals surface area contributed by atoms with E-state index in [-0.39, 0.29) is 1.43 Å². The zero-order chi connectivity index (χ0) is 10.3. The summed E-state index contributed by atoms with van der Waals surface area (Å²) in [6.45, 7) is 7.75. The van der Waals surface area contributed by atoms with Crippen molar-refractivity contribution in [2.24, 2.45) is 0 Å². The lowest BCUT2D eigenvalue weighted by Gasteiger charge is -2.44. The third kappa shape index (κ3) is 1.48. The number of nitrogens with one attached hydrogen (secondary N) is 1. The lowest BCUT2D eigenvalue weighted by Crippen LogP contribution is -2.63. The summed E-state index contributed by atoms with van der Waals surface area (Å²) in [6, 6.07) is 2.14. The van der Waals surface area contributed by atoms with Crippen molar-refractivity contribution in [1.29, 1.82) is 0 Å². The van der Waals surface area contributed by atoms with Crippen LogP contribution < -0.4 is 5.32 Å². The van der Waals surface area contributed by atoms with Crippen LogP contribution in [-0.4, -0.2) is 39.9 Å². The zero-order valence-electron chi connectivity index (χ0n) is 9.24. The summed E-state index contributed by atoms with van der Waals surface area (Å²) >= 11 is 0. The molecule has 0 aliphatic carbocycles. The maximum Gasteiger partial charge on any atom is 0.0608 e. The summed E-state index contributed by atoms with van der Waals surface area (Å²) in [7, 11) is 0. The monoisotopic (exact) mass is 208 g/mol. The van der Waals surface area contributed by atoms with Crippen LogP contribution in [0.5, 0.6) is 0 Å². The molecule has 2 aliphatic rings. The van der Waals surface area contributed by atoms with E-state index in [9.17, 15) is 0 Å². The topological polar surface area (TPSA) is 33.1 Å². The van der Waals surface area contributed by atoms with Gasteiger partial charge in [-0.15, -0.1) is 0 Å². The van der Waals surface area contributed by atoms with E-state index in [2.05, 4.69) is 33.0 Å². The highest BCUT2D eigenvalue weighted by atomic mass is 15.3. The van der Waals surface area contributed by atoms with Gasteiger partial charge in [0.2, 0.25) is 0 Å². The molecule has 1 aromatic heterocycles. The first-order valence-electron chi connectivity index (χ1n) is 5.79. The maximum atomic E-state index is 4.41. The van der Waals surface area contributed by atoms with E-state index in [1.54, 1.807) is 0 Å². The van der Waals surface area contributed by atoms with E-state index in [4.69, 9.17) is 0 Å². The van der Waals surface area contributed by atoms with Crippen molar-refractivity contribution in [1.82, 2.24) is 20.0 Å². The first-order valence-corrected chi connectivity index (χ1v) is 5.79. The van der Waals surface area contributed by atoms with Gasteiger partial charge in [0.25, 0.3) is 0 Å². The Balaban J connectivity index is 0.000000963. The molecule has 1 saturated heterocycles. The molecule has 0 aromatic carbocycles. The number of rotatable bonds is 1. The van der Waals surface area contributed by atoms with Crippen LogP contribution in [0, 0.1) is 0 Å². The Kier molecular flexibility index (Phi) is 2.07. The second kappa shape index (κ2) is 3.32. The third-order valence-corrected chi connectivity index (χ3v) is 3.72. The van der Waals surface area contributed by atoms with Gasteiger partial charge in [0.15, 0.2) is 0 Å². The molecule has 1 N–H and O–H groups in total. The fourth-order valence-corrected chi connectivity index (χ4v) is 2.66. The number of nitrogens with zero attached hydrogens (tertiary/aromatic N) is 3. The molecule has 0 saturated carbocycles. The van der Waals surface area contributed by atoms with Gasteiger partial charge in [-0.1, -0.05) is 6.92 Å². The fourth-order valence-electron chi connectivity index (χ4n) is 2.66. The van der Waals surface area contributed by atoms with Crippen LogP contribution in [0.25, 0.3) is 0 Å². The number of hydrogen-bond donors (Lipinski definition) is 1. The van der Waals surface area contributed by atoms with Crippen molar-refractivity contribution in [3.63, 3.8) is 0 Å². The highest BCUT2D eigenvalue weighted by molar-refractivity contribution is 5.08. The van der Waals surface area contributed by atoms with Gasteiger partial charge in [-0.25, -0.2) is 0 Å². The molecular formula is C11H20N4. The minimum atomic E-state index is 0. The SMILES string of the molecule is CCN1Cc2ccnn2CC2(CCN2)C1.[HH]. The Bertz CT molecular complexity index is 359. The van der Waals surface area contributed by atoms with E-state index in [1.165, 1.54) is 12.1 Å². The standard InChI is InChI=1S/C11H18N4.H2/c1-2-14-7-10-3-5-13-15(10)9-11(8-14)4-6-12-11;/h3,5,12H,2,4,6-9H2,1H3;1H. The lowest BCUT2D eigenvalue weighted by atomic mass is 9.87. The van der Waals surface area contributed by atoms with Crippen LogP contribution in [0.1, 0.15) is 20.5 Å². The number of aromatic nitrogens is 2. The molecule has 1 spiro atoms. The van der Waals surface area contributed by atoms with Gasteiger partial charge in [0.05, 0.1) is 17.8 Å². The van der Waals surface area contributed by atoms with Crippen molar-refractivity contribution in [3.05, 3.63) is 18.0 Å². The van der Waals surface area contributed by atoms with Crippen molar-refractivity contribution in [2.75, 3.05) is 19.6 Å². The van der Waals surface area contributed by atoms with Crippen molar-refractivity contribution >= 4 is 0 Å². The van der Waals surface area contributed by atoms with Gasteiger partial charge in [-0.2, -0.15) is 5.10 Å². The van der Waals surface area contributed by atoms with Crippen molar-refractivity contribution < 1.29 is 1.43 Å². The summed E-state index contributed by atoms with van der Waals surface area (Å²) in [5.74, 6) is 0. The molecule has 2 aliphatic heterocycles. The highest BCUT2D eigenvalue weighted by Crippen LogP contribution is 2.26. The molecule has 0 bridgehead atoms. The smallest absolute Gasteiger partial charge is 0.0608 e. The van der Waals surface area contributed by atoms with Gasteiger partial charge in [-0.05, 0) is 25.6 Å². The molecule has 4 heteroatoms. The van der Waals surface area contributed by atoms with Crippen LogP contribution in [0.3, 0.4) is 0 Å². The molecule has 1 unspecified atom stereocenters. The van der Waals surface area contributed by atoms with Crippen molar-refractivity contribution in [3.8, 4) is 0 Å². The average Bonchev–Trinajstić information content (AvgIpc) is 2.54. The number of hydrogen-bond acceptors (Lipinski definition) is 3. The summed E-state index contributed by atoms with van der Waals surface area (Å²) in [4.78, 5) is 2.51. The molecule has 15 heavy (non-hydrogen) atoms. The maximum absolute atomic E-state index is 4.41. The van der Waals surface area contributed by atoms with Gasteiger partial charge >= 0.3 is 0 Å². The molecule has 4 nitrogen and oxygen atoms in total. The van der Waals surface area contributed by atoms with Crippen LogP contribution in [0.4, 0.5) is 0 Å². The van der Waals surface area contributed by atoms with E-state index < -0.39 is 0 Å². The van der Waals surface area contributed by atoms with E-state index in [0.717, 1.165) is 32.7 Å². The Morgan fingerprint density at radius 3 is 3.13 bits per heavy atom. The van der Waals surface area contributed by atoms with Crippen LogP contribution in [0.2, 0.25) is 0 Å². The highest BCUT2D eigenvalue weighted by Gasteiger charge is 2.40. The van der Waals surface area contributed by atoms with Crippen LogP contribution in [-0.2, 0) is 13.1 Å². The zero-order valence-corrected chi connectivity index (χ0v) is 9.24. The van der Waals surface area contributed by atoms with E-state index in [1.807, 2.05) is 6.20 Å². The molecule has 1 aromatic rings. The quantitative estimate of drug-likeness (QED) is 0.737. The Morgan fingerprint density at radius 2 is 2.47 bits per heavy atom. The molecule has 0 amide bonds. The van der Waals surface area contributed by atoms with Gasteiger partial charge in [0, 0.05) is 20.7 Å². The first kappa shape index (κ1) is 9.36. The normalized spacial score (nSPS) is 31.0. The largest absolute Gasteiger partial charge is 0.308 e. The summed E-state index contributed by atoms with van der Waals surface area (Å²) in [5, 5.41) is 8.01. The molecule has 3 rings (SSSR count). The predicted octanol–water partition coefficient (Wildman–Crippen LogP) is 0.697. The second-order valence-electron chi connectivity index (χ2n) is 4.74. The Hall–Kier alpha value is -0.870. The molecule has 3 heterocycles. The Morgan fingerprint density at radius 1 is 1.60 bits per heavy atom. The van der Waals surface area contributed by atoms with Crippen molar-refractivity contribution in [2.45, 2.75) is 32.0 Å².